The maximum Gasteiger partial charge on any atom is 0.239 e. The lowest BCUT2D eigenvalue weighted by molar-refractivity contribution is -0.133. The zero-order valence-corrected chi connectivity index (χ0v) is 15.2. The minimum absolute atomic E-state index is 0.0279. The van der Waals surface area contributed by atoms with Crippen molar-refractivity contribution in [3.8, 4) is 0 Å². The van der Waals surface area contributed by atoms with Crippen LogP contribution in [0.15, 0.2) is 0 Å². The Hall–Kier alpha value is -1.10. The van der Waals surface area contributed by atoms with Gasteiger partial charge in [-0.1, -0.05) is 6.92 Å². The summed E-state index contributed by atoms with van der Waals surface area (Å²) in [6.45, 7) is 12.0. The second kappa shape index (κ2) is 7.65. The van der Waals surface area contributed by atoms with Crippen LogP contribution in [0, 0.1) is 5.92 Å². The molecule has 0 radical (unpaired) electrons. The van der Waals surface area contributed by atoms with Crippen molar-refractivity contribution in [1.29, 1.82) is 0 Å². The third kappa shape index (κ3) is 4.93. The lowest BCUT2D eigenvalue weighted by Crippen LogP contribution is -2.54. The van der Waals surface area contributed by atoms with Crippen molar-refractivity contribution in [3.05, 3.63) is 0 Å². The molecule has 0 aromatic heterocycles. The molecule has 2 rings (SSSR count). The molecular formula is C18H33N3O2. The van der Waals surface area contributed by atoms with Gasteiger partial charge in [0.1, 0.15) is 0 Å². The third-order valence-corrected chi connectivity index (χ3v) is 5.30. The lowest BCUT2D eigenvalue weighted by atomic mass is 9.80. The summed E-state index contributed by atoms with van der Waals surface area (Å²) in [6, 6.07) is 0.603. The van der Waals surface area contributed by atoms with Crippen LogP contribution in [0.4, 0.5) is 0 Å². The first-order valence-corrected chi connectivity index (χ1v) is 9.11. The lowest BCUT2D eigenvalue weighted by Gasteiger charge is -2.49. The number of nitrogens with one attached hydrogen (secondary N) is 1. The van der Waals surface area contributed by atoms with E-state index >= 15 is 0 Å². The van der Waals surface area contributed by atoms with Gasteiger partial charge >= 0.3 is 0 Å². The van der Waals surface area contributed by atoms with E-state index < -0.39 is 0 Å². The van der Waals surface area contributed by atoms with Gasteiger partial charge < -0.3 is 10.2 Å². The second-order valence-corrected chi connectivity index (χ2v) is 8.02. The van der Waals surface area contributed by atoms with Gasteiger partial charge in [0, 0.05) is 37.6 Å². The number of nitrogens with zero attached hydrogens (tertiary/aromatic N) is 2. The number of rotatable bonds is 6. The molecule has 132 valence electrons. The number of piperidine rings is 1. The van der Waals surface area contributed by atoms with Crippen LogP contribution in [0.25, 0.3) is 0 Å². The van der Waals surface area contributed by atoms with Gasteiger partial charge in [-0.2, -0.15) is 0 Å². The highest BCUT2D eigenvalue weighted by Crippen LogP contribution is 2.34. The Kier molecular flexibility index (Phi) is 6.06. The van der Waals surface area contributed by atoms with E-state index in [2.05, 4.69) is 37.9 Å². The molecule has 0 saturated carbocycles. The Morgan fingerprint density at radius 1 is 1.35 bits per heavy atom. The molecule has 2 fully saturated rings. The Labute approximate surface area is 140 Å². The predicted octanol–water partition coefficient (Wildman–Crippen LogP) is 2.01. The molecule has 0 spiro atoms. The summed E-state index contributed by atoms with van der Waals surface area (Å²) < 4.78 is 0. The van der Waals surface area contributed by atoms with Crippen LogP contribution in [0.1, 0.15) is 59.8 Å². The number of likely N-dealkylation sites (tertiary alicyclic amines) is 2. The number of carbonyl (C=O) groups excluding carboxylic acids is 2. The van der Waals surface area contributed by atoms with Crippen molar-refractivity contribution >= 4 is 11.8 Å². The highest BCUT2D eigenvalue weighted by atomic mass is 16.2. The number of carbonyl (C=O) groups is 2. The molecule has 2 atom stereocenters. The molecule has 0 aromatic carbocycles. The molecule has 2 aliphatic heterocycles. The van der Waals surface area contributed by atoms with Gasteiger partial charge in [-0.3, -0.25) is 14.5 Å². The predicted molar refractivity (Wildman–Crippen MR) is 92.1 cm³/mol. The second-order valence-electron chi connectivity index (χ2n) is 8.02. The van der Waals surface area contributed by atoms with Crippen LogP contribution >= 0.6 is 0 Å². The van der Waals surface area contributed by atoms with Crippen molar-refractivity contribution in [3.63, 3.8) is 0 Å². The van der Waals surface area contributed by atoms with Gasteiger partial charge in [-0.05, 0) is 52.4 Å². The van der Waals surface area contributed by atoms with E-state index in [1.807, 2.05) is 0 Å². The Morgan fingerprint density at radius 3 is 2.70 bits per heavy atom. The summed E-state index contributed by atoms with van der Waals surface area (Å²) in [5, 5.41) is 2.96. The standard InChI is InChI=1S/C18H33N3O2/c1-14-11-15(2)21(18(3,4)12-14)10-6-8-19-16(22)13-20-9-5-7-17(20)23/h14-15H,5-13H2,1-4H3,(H,19,22)/t14-,15-/m0/s1. The third-order valence-electron chi connectivity index (χ3n) is 5.30. The van der Waals surface area contributed by atoms with Crippen LogP contribution in [-0.2, 0) is 9.59 Å². The van der Waals surface area contributed by atoms with Gasteiger partial charge in [-0.25, -0.2) is 0 Å². The fourth-order valence-corrected chi connectivity index (χ4v) is 4.46. The number of hydrogen-bond donors (Lipinski definition) is 1. The largest absolute Gasteiger partial charge is 0.355 e. The molecule has 0 bridgehead atoms. The van der Waals surface area contributed by atoms with E-state index in [4.69, 9.17) is 0 Å². The monoisotopic (exact) mass is 323 g/mol. The van der Waals surface area contributed by atoms with Gasteiger partial charge in [0.2, 0.25) is 11.8 Å². The van der Waals surface area contributed by atoms with Crippen LogP contribution in [0.5, 0.6) is 0 Å². The van der Waals surface area contributed by atoms with Crippen LogP contribution in [-0.4, -0.2) is 59.4 Å². The maximum absolute atomic E-state index is 11.9. The molecule has 2 saturated heterocycles. The molecule has 0 aromatic rings. The quantitative estimate of drug-likeness (QED) is 0.761. The molecule has 0 unspecified atom stereocenters. The SMILES string of the molecule is C[C@H]1C[C@H](C)N(CCCNC(=O)CN2CCCC2=O)C(C)(C)C1. The van der Waals surface area contributed by atoms with Gasteiger partial charge in [0.25, 0.3) is 0 Å². The molecule has 5 heteroatoms. The van der Waals surface area contributed by atoms with E-state index in [0.717, 1.165) is 31.8 Å². The topological polar surface area (TPSA) is 52.7 Å². The Bertz CT molecular complexity index is 436. The zero-order chi connectivity index (χ0) is 17.0. The Balaban J connectivity index is 1.68. The first-order valence-electron chi connectivity index (χ1n) is 9.11. The zero-order valence-electron chi connectivity index (χ0n) is 15.2. The summed E-state index contributed by atoms with van der Waals surface area (Å²) in [5.41, 5.74) is 0.239. The van der Waals surface area contributed by atoms with Crippen LogP contribution in [0.2, 0.25) is 0 Å². The smallest absolute Gasteiger partial charge is 0.239 e. The minimum Gasteiger partial charge on any atom is -0.355 e. The van der Waals surface area contributed by atoms with E-state index in [0.29, 0.717) is 19.0 Å². The van der Waals surface area contributed by atoms with Gasteiger partial charge in [0.15, 0.2) is 0 Å². The average molecular weight is 323 g/mol. The molecule has 2 aliphatic rings. The Morgan fingerprint density at radius 2 is 2.09 bits per heavy atom. The van der Waals surface area contributed by atoms with Crippen molar-refractivity contribution in [2.75, 3.05) is 26.2 Å². The number of hydrogen-bond acceptors (Lipinski definition) is 3. The molecule has 5 nitrogen and oxygen atoms in total. The van der Waals surface area contributed by atoms with Gasteiger partial charge in [0.05, 0.1) is 6.54 Å². The van der Waals surface area contributed by atoms with Crippen molar-refractivity contribution in [2.45, 2.75) is 71.4 Å². The normalized spacial score (nSPS) is 28.2. The summed E-state index contributed by atoms with van der Waals surface area (Å²) in [6.07, 6.45) is 4.93. The van der Waals surface area contributed by atoms with E-state index in [9.17, 15) is 9.59 Å². The van der Waals surface area contributed by atoms with Crippen molar-refractivity contribution < 1.29 is 9.59 Å². The highest BCUT2D eigenvalue weighted by molar-refractivity contribution is 5.85. The molecule has 23 heavy (non-hydrogen) atoms. The van der Waals surface area contributed by atoms with Crippen molar-refractivity contribution in [2.24, 2.45) is 5.92 Å². The van der Waals surface area contributed by atoms with E-state index in [-0.39, 0.29) is 23.9 Å². The first-order chi connectivity index (χ1) is 10.8. The number of amides is 2. The average Bonchev–Trinajstić information content (AvgIpc) is 2.81. The van der Waals surface area contributed by atoms with E-state index in [1.165, 1.54) is 12.8 Å². The summed E-state index contributed by atoms with van der Waals surface area (Å²) in [7, 11) is 0. The summed E-state index contributed by atoms with van der Waals surface area (Å²) in [5.74, 6) is 0.868. The molecular weight excluding hydrogens is 290 g/mol. The van der Waals surface area contributed by atoms with E-state index in [1.54, 1.807) is 4.90 Å². The molecule has 1 N–H and O–H groups in total. The molecule has 2 heterocycles. The minimum atomic E-state index is -0.0279. The summed E-state index contributed by atoms with van der Waals surface area (Å²) >= 11 is 0. The fourth-order valence-electron chi connectivity index (χ4n) is 4.46. The molecule has 0 aliphatic carbocycles. The maximum atomic E-state index is 11.9. The van der Waals surface area contributed by atoms with Gasteiger partial charge in [-0.15, -0.1) is 0 Å². The first kappa shape index (κ1) is 18.2. The molecule has 2 amide bonds. The van der Waals surface area contributed by atoms with Crippen molar-refractivity contribution in [1.82, 2.24) is 15.1 Å². The van der Waals surface area contributed by atoms with Crippen LogP contribution < -0.4 is 5.32 Å². The summed E-state index contributed by atoms with van der Waals surface area (Å²) in [4.78, 5) is 27.7. The fraction of sp³-hybridized carbons (Fsp3) is 0.889. The van der Waals surface area contributed by atoms with Crippen LogP contribution in [0.3, 0.4) is 0 Å². The highest BCUT2D eigenvalue weighted by Gasteiger charge is 2.36.